The highest BCUT2D eigenvalue weighted by atomic mass is 32.2. The minimum atomic E-state index is -0.262. The third kappa shape index (κ3) is 5.75. The van der Waals surface area contributed by atoms with E-state index in [4.69, 9.17) is 0 Å². The lowest BCUT2D eigenvalue weighted by Gasteiger charge is -2.16. The van der Waals surface area contributed by atoms with E-state index in [-0.39, 0.29) is 23.6 Å². The zero-order chi connectivity index (χ0) is 24.8. The number of aromatic nitrogens is 4. The third-order valence-corrected chi connectivity index (χ3v) is 6.44. The number of nitrogens with zero attached hydrogens (tertiary/aromatic N) is 4. The fourth-order valence-corrected chi connectivity index (χ4v) is 4.43. The van der Waals surface area contributed by atoms with Gasteiger partial charge in [0.05, 0.1) is 28.7 Å². The maximum absolute atomic E-state index is 12.9. The van der Waals surface area contributed by atoms with Crippen LogP contribution in [-0.4, -0.2) is 37.8 Å². The number of aryl methyl sites for hydroxylation is 2. The molecule has 0 aliphatic carbocycles. The highest BCUT2D eigenvalue weighted by molar-refractivity contribution is 7.99. The Morgan fingerprint density at radius 1 is 0.943 bits per heavy atom. The number of para-hydroxylation sites is 2. The van der Waals surface area contributed by atoms with Gasteiger partial charge in [-0.15, -0.1) is 5.10 Å². The summed E-state index contributed by atoms with van der Waals surface area (Å²) in [5.74, 6) is -0.437. The van der Waals surface area contributed by atoms with Gasteiger partial charge in [-0.3, -0.25) is 9.59 Å². The molecule has 1 aromatic heterocycles. The van der Waals surface area contributed by atoms with Crippen LogP contribution in [0.2, 0.25) is 0 Å². The zero-order valence-corrected chi connectivity index (χ0v) is 20.5. The van der Waals surface area contributed by atoms with Crippen molar-refractivity contribution in [2.75, 3.05) is 11.1 Å². The average molecular weight is 487 g/mol. The van der Waals surface area contributed by atoms with Crippen LogP contribution in [0.1, 0.15) is 40.0 Å². The number of tetrazole rings is 1. The van der Waals surface area contributed by atoms with Crippen LogP contribution in [0.3, 0.4) is 0 Å². The van der Waals surface area contributed by atoms with E-state index in [0.29, 0.717) is 16.4 Å². The van der Waals surface area contributed by atoms with Gasteiger partial charge in [-0.05, 0) is 60.0 Å². The quantitative estimate of drug-likeness (QED) is 0.356. The second-order valence-electron chi connectivity index (χ2n) is 8.10. The van der Waals surface area contributed by atoms with E-state index in [9.17, 15) is 9.59 Å². The van der Waals surface area contributed by atoms with Crippen LogP contribution in [0.25, 0.3) is 5.69 Å². The van der Waals surface area contributed by atoms with Gasteiger partial charge in [0.2, 0.25) is 11.1 Å². The van der Waals surface area contributed by atoms with Gasteiger partial charge in [-0.25, -0.2) is 0 Å². The molecule has 0 bridgehead atoms. The molecule has 1 atom stereocenters. The highest BCUT2D eigenvalue weighted by Gasteiger charge is 2.18. The van der Waals surface area contributed by atoms with Crippen LogP contribution in [-0.2, 0) is 4.79 Å². The third-order valence-electron chi connectivity index (χ3n) is 5.52. The lowest BCUT2D eigenvalue weighted by Crippen LogP contribution is -2.28. The molecular formula is C26H26N6O2S. The molecule has 3 aromatic carbocycles. The molecule has 0 aliphatic rings. The molecule has 0 aliphatic heterocycles. The largest absolute Gasteiger partial charge is 0.345 e. The first-order chi connectivity index (χ1) is 16.9. The second kappa shape index (κ2) is 11.0. The van der Waals surface area contributed by atoms with E-state index >= 15 is 0 Å². The van der Waals surface area contributed by atoms with Crippen molar-refractivity contribution in [2.45, 2.75) is 32.0 Å². The molecule has 0 unspecified atom stereocenters. The van der Waals surface area contributed by atoms with Gasteiger partial charge >= 0.3 is 0 Å². The van der Waals surface area contributed by atoms with Crippen molar-refractivity contribution in [1.29, 1.82) is 0 Å². The smallest absolute Gasteiger partial charge is 0.253 e. The molecule has 9 heteroatoms. The van der Waals surface area contributed by atoms with E-state index < -0.39 is 0 Å². The first-order valence-corrected chi connectivity index (χ1v) is 12.1. The highest BCUT2D eigenvalue weighted by Crippen LogP contribution is 2.24. The van der Waals surface area contributed by atoms with Crippen LogP contribution in [0.5, 0.6) is 0 Å². The van der Waals surface area contributed by atoms with Crippen LogP contribution >= 0.6 is 11.8 Å². The minimum Gasteiger partial charge on any atom is -0.345 e. The van der Waals surface area contributed by atoms with Gasteiger partial charge in [0.25, 0.3) is 5.91 Å². The van der Waals surface area contributed by atoms with Crippen LogP contribution < -0.4 is 10.6 Å². The molecular weight excluding hydrogens is 460 g/mol. The fraction of sp³-hybridized carbons (Fsp3) is 0.192. The molecule has 0 spiro atoms. The molecule has 4 aromatic rings. The molecule has 0 saturated carbocycles. The fourth-order valence-electron chi connectivity index (χ4n) is 3.75. The number of carbonyl (C=O) groups excluding carboxylic acids is 2. The van der Waals surface area contributed by atoms with Crippen LogP contribution in [0, 0.1) is 13.8 Å². The number of amides is 2. The molecule has 8 nitrogen and oxygen atoms in total. The molecule has 0 saturated heterocycles. The Morgan fingerprint density at radius 2 is 1.63 bits per heavy atom. The standard InChI is InChI=1S/C26H26N6O2S/c1-17-10-9-11-18(2)24(17)32-26(29-30-31-32)35-16-23(33)28-22-15-8-7-14-21(22)25(34)27-19(3)20-12-5-4-6-13-20/h4-15,19H,16H2,1-3H3,(H,27,34)(H,28,33)/t19-/m1/s1. The summed E-state index contributed by atoms with van der Waals surface area (Å²) in [6.07, 6.45) is 0. The molecule has 0 fully saturated rings. The van der Waals surface area contributed by atoms with Gasteiger partial charge in [0.15, 0.2) is 0 Å². The number of thioether (sulfide) groups is 1. The Labute approximate surface area is 208 Å². The Kier molecular flexibility index (Phi) is 7.57. The molecule has 2 amide bonds. The van der Waals surface area contributed by atoms with Gasteiger partial charge < -0.3 is 10.6 Å². The SMILES string of the molecule is Cc1cccc(C)c1-n1nnnc1SCC(=O)Nc1ccccc1C(=O)N[C@H](C)c1ccccc1. The predicted molar refractivity (Wildman–Crippen MR) is 137 cm³/mol. The van der Waals surface area contributed by atoms with Crippen molar-refractivity contribution in [3.63, 3.8) is 0 Å². The van der Waals surface area contributed by atoms with Gasteiger partial charge in [-0.1, -0.05) is 72.4 Å². The summed E-state index contributed by atoms with van der Waals surface area (Å²) in [5.41, 5.74) is 4.82. The Hall–Kier alpha value is -3.98. The average Bonchev–Trinajstić information content (AvgIpc) is 3.31. The Morgan fingerprint density at radius 3 is 2.37 bits per heavy atom. The summed E-state index contributed by atoms with van der Waals surface area (Å²) in [6.45, 7) is 5.91. The summed E-state index contributed by atoms with van der Waals surface area (Å²) in [5, 5.41) is 18.3. The van der Waals surface area contributed by atoms with Gasteiger partial charge in [0.1, 0.15) is 0 Å². The van der Waals surface area contributed by atoms with E-state index in [2.05, 4.69) is 26.2 Å². The first-order valence-electron chi connectivity index (χ1n) is 11.2. The van der Waals surface area contributed by atoms with Gasteiger partial charge in [-0.2, -0.15) is 4.68 Å². The zero-order valence-electron chi connectivity index (χ0n) is 19.7. The van der Waals surface area contributed by atoms with Crippen LogP contribution in [0.4, 0.5) is 5.69 Å². The normalized spacial score (nSPS) is 11.6. The van der Waals surface area contributed by atoms with Crippen molar-refractivity contribution in [3.05, 3.63) is 95.1 Å². The number of rotatable bonds is 8. The predicted octanol–water partition coefficient (Wildman–Crippen LogP) is 4.50. The number of benzene rings is 3. The van der Waals surface area contributed by atoms with Crippen molar-refractivity contribution >= 4 is 29.3 Å². The Balaban J connectivity index is 1.42. The van der Waals surface area contributed by atoms with E-state index in [1.807, 2.05) is 69.3 Å². The summed E-state index contributed by atoms with van der Waals surface area (Å²) >= 11 is 1.23. The molecule has 1 heterocycles. The molecule has 2 N–H and O–H groups in total. The second-order valence-corrected chi connectivity index (χ2v) is 9.04. The monoisotopic (exact) mass is 486 g/mol. The molecule has 178 valence electrons. The number of hydrogen-bond donors (Lipinski definition) is 2. The number of hydrogen-bond acceptors (Lipinski definition) is 6. The Bertz CT molecular complexity index is 1320. The first kappa shape index (κ1) is 24.2. The topological polar surface area (TPSA) is 102 Å². The van der Waals surface area contributed by atoms with Gasteiger partial charge in [0, 0.05) is 0 Å². The number of anilines is 1. The summed E-state index contributed by atoms with van der Waals surface area (Å²) in [6, 6.07) is 22.5. The van der Waals surface area contributed by atoms with E-state index in [0.717, 1.165) is 22.4 Å². The number of carbonyl (C=O) groups is 2. The molecule has 4 rings (SSSR count). The van der Waals surface area contributed by atoms with E-state index in [1.165, 1.54) is 11.8 Å². The van der Waals surface area contributed by atoms with Crippen LogP contribution in [0.15, 0.2) is 78.0 Å². The maximum atomic E-state index is 12.9. The van der Waals surface area contributed by atoms with Crippen molar-refractivity contribution < 1.29 is 9.59 Å². The molecule has 35 heavy (non-hydrogen) atoms. The van der Waals surface area contributed by atoms with Crippen molar-refractivity contribution in [3.8, 4) is 5.69 Å². The van der Waals surface area contributed by atoms with Crippen molar-refractivity contribution in [1.82, 2.24) is 25.5 Å². The number of nitrogens with one attached hydrogen (secondary N) is 2. The maximum Gasteiger partial charge on any atom is 0.253 e. The van der Waals surface area contributed by atoms with Crippen molar-refractivity contribution in [2.24, 2.45) is 0 Å². The summed E-state index contributed by atoms with van der Waals surface area (Å²) in [7, 11) is 0. The summed E-state index contributed by atoms with van der Waals surface area (Å²) in [4.78, 5) is 25.7. The summed E-state index contributed by atoms with van der Waals surface area (Å²) < 4.78 is 1.65. The van der Waals surface area contributed by atoms with E-state index in [1.54, 1.807) is 28.9 Å². The lowest BCUT2D eigenvalue weighted by atomic mass is 10.1. The lowest BCUT2D eigenvalue weighted by molar-refractivity contribution is -0.113. The molecule has 0 radical (unpaired) electrons. The minimum absolute atomic E-state index is 0.0850.